The minimum Gasteiger partial charge on any atom is -0.382 e. The zero-order valence-electron chi connectivity index (χ0n) is 12.9. The molecule has 0 bridgehead atoms. The highest BCUT2D eigenvalue weighted by atomic mass is 15.2. The Kier molecular flexibility index (Phi) is 3.76. The smallest absolute Gasteiger partial charge is 0.0367 e. The summed E-state index contributed by atoms with van der Waals surface area (Å²) in [4.78, 5) is 5.19. The average Bonchev–Trinajstić information content (AvgIpc) is 3.19. The first-order chi connectivity index (χ1) is 10.4. The van der Waals surface area contributed by atoms with Crippen molar-refractivity contribution < 1.29 is 0 Å². The Labute approximate surface area is 128 Å². The first-order valence-corrected chi connectivity index (χ1v) is 8.74. The van der Waals surface area contributed by atoms with Gasteiger partial charge in [0.15, 0.2) is 0 Å². The van der Waals surface area contributed by atoms with Crippen LogP contribution in [0.4, 0.5) is 11.4 Å². The maximum atomic E-state index is 3.77. The molecule has 3 heteroatoms. The molecule has 114 valence electrons. The number of anilines is 2. The standard InChI is InChI=1S/C18H27N3/c1-2-11-20(10-1)17-7-5-15(6-8-17)19-16-9-13-21-12-3-4-18(21)14-16/h5-8,16,18-19H,1-4,9-14H2. The van der Waals surface area contributed by atoms with Crippen LogP contribution in [0.15, 0.2) is 24.3 Å². The van der Waals surface area contributed by atoms with E-state index in [9.17, 15) is 0 Å². The van der Waals surface area contributed by atoms with E-state index in [0.29, 0.717) is 6.04 Å². The van der Waals surface area contributed by atoms with Gasteiger partial charge in [-0.2, -0.15) is 0 Å². The summed E-state index contributed by atoms with van der Waals surface area (Å²) in [7, 11) is 0. The lowest BCUT2D eigenvalue weighted by Crippen LogP contribution is -2.42. The third-order valence-corrected chi connectivity index (χ3v) is 5.53. The van der Waals surface area contributed by atoms with Gasteiger partial charge in [-0.3, -0.25) is 0 Å². The van der Waals surface area contributed by atoms with E-state index in [2.05, 4.69) is 39.4 Å². The van der Waals surface area contributed by atoms with E-state index in [1.807, 2.05) is 0 Å². The number of nitrogens with one attached hydrogen (secondary N) is 1. The molecule has 1 aromatic carbocycles. The van der Waals surface area contributed by atoms with Gasteiger partial charge >= 0.3 is 0 Å². The zero-order valence-corrected chi connectivity index (χ0v) is 12.9. The van der Waals surface area contributed by atoms with Crippen molar-refractivity contribution in [2.75, 3.05) is 36.4 Å². The van der Waals surface area contributed by atoms with E-state index in [0.717, 1.165) is 6.04 Å². The van der Waals surface area contributed by atoms with Gasteiger partial charge in [0.2, 0.25) is 0 Å². The molecule has 0 aromatic heterocycles. The van der Waals surface area contributed by atoms with E-state index in [-0.39, 0.29) is 0 Å². The Bertz CT molecular complexity index is 464. The molecule has 0 amide bonds. The molecule has 2 atom stereocenters. The number of hydrogen-bond acceptors (Lipinski definition) is 3. The number of hydrogen-bond donors (Lipinski definition) is 1. The molecule has 0 radical (unpaired) electrons. The third-order valence-electron chi connectivity index (χ3n) is 5.53. The van der Waals surface area contributed by atoms with Crippen LogP contribution in [0.5, 0.6) is 0 Å². The van der Waals surface area contributed by atoms with Crippen LogP contribution in [0.3, 0.4) is 0 Å². The zero-order chi connectivity index (χ0) is 14.1. The van der Waals surface area contributed by atoms with Gasteiger partial charge < -0.3 is 15.1 Å². The van der Waals surface area contributed by atoms with Crippen molar-refractivity contribution in [3.8, 4) is 0 Å². The summed E-state index contributed by atoms with van der Waals surface area (Å²) in [6, 6.07) is 10.6. The van der Waals surface area contributed by atoms with Crippen molar-refractivity contribution in [1.82, 2.24) is 4.90 Å². The minimum absolute atomic E-state index is 0.669. The highest BCUT2D eigenvalue weighted by Gasteiger charge is 2.31. The lowest BCUT2D eigenvalue weighted by atomic mass is 9.97. The first-order valence-electron chi connectivity index (χ1n) is 8.74. The Balaban J connectivity index is 1.36. The molecule has 3 fully saturated rings. The molecule has 3 aliphatic heterocycles. The number of rotatable bonds is 3. The molecule has 0 aliphatic carbocycles. The monoisotopic (exact) mass is 285 g/mol. The van der Waals surface area contributed by atoms with Crippen molar-refractivity contribution in [1.29, 1.82) is 0 Å². The molecule has 3 aliphatic rings. The van der Waals surface area contributed by atoms with Gasteiger partial charge in [-0.05, 0) is 69.3 Å². The Morgan fingerprint density at radius 2 is 1.67 bits per heavy atom. The fraction of sp³-hybridized carbons (Fsp3) is 0.667. The van der Waals surface area contributed by atoms with Gasteiger partial charge in [0.1, 0.15) is 0 Å². The second kappa shape index (κ2) is 5.88. The van der Waals surface area contributed by atoms with Crippen LogP contribution in [0.25, 0.3) is 0 Å². The highest BCUT2D eigenvalue weighted by Crippen LogP contribution is 2.29. The van der Waals surface area contributed by atoms with E-state index in [1.54, 1.807) is 0 Å². The SMILES string of the molecule is c1cc(N2CCCC2)ccc1NC1CCN2CCCC2C1. The van der Waals surface area contributed by atoms with E-state index in [1.165, 1.54) is 76.1 Å². The van der Waals surface area contributed by atoms with Crippen molar-refractivity contribution in [2.24, 2.45) is 0 Å². The van der Waals surface area contributed by atoms with Crippen LogP contribution < -0.4 is 10.2 Å². The summed E-state index contributed by atoms with van der Waals surface area (Å²) in [6.45, 7) is 5.08. The molecule has 0 spiro atoms. The van der Waals surface area contributed by atoms with E-state index >= 15 is 0 Å². The van der Waals surface area contributed by atoms with Crippen LogP contribution in [0, 0.1) is 0 Å². The fourth-order valence-electron chi connectivity index (χ4n) is 4.33. The van der Waals surface area contributed by atoms with Crippen molar-refractivity contribution in [3.63, 3.8) is 0 Å². The van der Waals surface area contributed by atoms with Crippen LogP contribution >= 0.6 is 0 Å². The molecule has 1 N–H and O–H groups in total. The van der Waals surface area contributed by atoms with Gasteiger partial charge in [0.25, 0.3) is 0 Å². The number of nitrogens with zero attached hydrogens (tertiary/aromatic N) is 2. The van der Waals surface area contributed by atoms with Crippen LogP contribution in [-0.4, -0.2) is 43.2 Å². The Morgan fingerprint density at radius 1 is 0.857 bits per heavy atom. The maximum Gasteiger partial charge on any atom is 0.0367 e. The summed E-state index contributed by atoms with van der Waals surface area (Å²) in [6.07, 6.45) is 8.13. The van der Waals surface area contributed by atoms with Gasteiger partial charge in [-0.1, -0.05) is 0 Å². The highest BCUT2D eigenvalue weighted by molar-refractivity contribution is 5.55. The van der Waals surface area contributed by atoms with Crippen molar-refractivity contribution in [2.45, 2.75) is 50.6 Å². The van der Waals surface area contributed by atoms with Crippen LogP contribution in [0.2, 0.25) is 0 Å². The summed E-state index contributed by atoms with van der Waals surface area (Å²) < 4.78 is 0. The molecule has 1 aromatic rings. The summed E-state index contributed by atoms with van der Waals surface area (Å²) in [5.41, 5.74) is 2.69. The summed E-state index contributed by atoms with van der Waals surface area (Å²) in [5.74, 6) is 0. The minimum atomic E-state index is 0.669. The lowest BCUT2D eigenvalue weighted by molar-refractivity contribution is 0.188. The predicted molar refractivity (Wildman–Crippen MR) is 89.1 cm³/mol. The van der Waals surface area contributed by atoms with Crippen molar-refractivity contribution >= 4 is 11.4 Å². The van der Waals surface area contributed by atoms with Gasteiger partial charge in [-0.15, -0.1) is 0 Å². The Hall–Kier alpha value is -1.22. The first kappa shape index (κ1) is 13.4. The molecular weight excluding hydrogens is 258 g/mol. The maximum absolute atomic E-state index is 3.77. The van der Waals surface area contributed by atoms with Crippen molar-refractivity contribution in [3.05, 3.63) is 24.3 Å². The predicted octanol–water partition coefficient (Wildman–Crippen LogP) is 3.33. The second-order valence-electron chi connectivity index (χ2n) is 6.94. The van der Waals surface area contributed by atoms with Crippen LogP contribution in [0.1, 0.15) is 38.5 Å². The molecule has 21 heavy (non-hydrogen) atoms. The lowest BCUT2D eigenvalue weighted by Gasteiger charge is -2.35. The van der Waals surface area contributed by atoms with Gasteiger partial charge in [0, 0.05) is 43.1 Å². The molecule has 3 nitrogen and oxygen atoms in total. The van der Waals surface area contributed by atoms with E-state index < -0.39 is 0 Å². The normalized spacial score (nSPS) is 29.6. The molecular formula is C18H27N3. The molecule has 2 unspecified atom stereocenters. The van der Waals surface area contributed by atoms with Gasteiger partial charge in [0.05, 0.1) is 0 Å². The third kappa shape index (κ3) is 2.89. The van der Waals surface area contributed by atoms with Gasteiger partial charge in [-0.25, -0.2) is 0 Å². The quantitative estimate of drug-likeness (QED) is 0.919. The number of piperidine rings is 1. The number of fused-ring (bicyclic) bond motifs is 1. The molecule has 3 saturated heterocycles. The molecule has 4 rings (SSSR count). The fourth-order valence-corrected chi connectivity index (χ4v) is 4.33. The largest absolute Gasteiger partial charge is 0.382 e. The van der Waals surface area contributed by atoms with Crippen LogP contribution in [-0.2, 0) is 0 Å². The van der Waals surface area contributed by atoms with E-state index in [4.69, 9.17) is 0 Å². The molecule has 0 saturated carbocycles. The number of benzene rings is 1. The summed E-state index contributed by atoms with van der Waals surface area (Å²) in [5, 5.41) is 3.77. The Morgan fingerprint density at radius 3 is 2.48 bits per heavy atom. The second-order valence-corrected chi connectivity index (χ2v) is 6.94. The molecule has 3 heterocycles. The summed E-state index contributed by atoms with van der Waals surface area (Å²) >= 11 is 0. The average molecular weight is 285 g/mol. The topological polar surface area (TPSA) is 18.5 Å².